The van der Waals surface area contributed by atoms with Crippen LogP contribution in [0.4, 0.5) is 11.4 Å². The highest BCUT2D eigenvalue weighted by Gasteiger charge is 2.38. The van der Waals surface area contributed by atoms with Crippen molar-refractivity contribution in [2.24, 2.45) is 0 Å². The van der Waals surface area contributed by atoms with Crippen molar-refractivity contribution in [1.29, 1.82) is 0 Å². The van der Waals surface area contributed by atoms with Crippen LogP contribution in [0.25, 0.3) is 0 Å². The van der Waals surface area contributed by atoms with Crippen LogP contribution >= 0.6 is 23.2 Å². The molecule has 0 bridgehead atoms. The summed E-state index contributed by atoms with van der Waals surface area (Å²) in [4.78, 5) is 30.3. The van der Waals surface area contributed by atoms with E-state index in [0.29, 0.717) is 12.8 Å². The molecule has 0 unspecified atom stereocenters. The van der Waals surface area contributed by atoms with Crippen molar-refractivity contribution >= 4 is 56.4 Å². The Labute approximate surface area is 232 Å². The van der Waals surface area contributed by atoms with E-state index in [1.165, 1.54) is 18.2 Å². The molecular weight excluding hydrogens is 545 g/mol. The number of fused-ring (bicyclic) bond motifs is 2. The summed E-state index contributed by atoms with van der Waals surface area (Å²) in [7, 11) is -4.37. The molecule has 7 nitrogen and oxygen atoms in total. The van der Waals surface area contributed by atoms with Gasteiger partial charge in [-0.3, -0.25) is 9.59 Å². The Hall–Kier alpha value is -2.91. The van der Waals surface area contributed by atoms with Crippen LogP contribution in [-0.4, -0.2) is 49.7 Å². The zero-order valence-electron chi connectivity index (χ0n) is 21.0. The fourth-order valence-corrected chi connectivity index (χ4v) is 7.46. The third-order valence-electron chi connectivity index (χ3n) is 7.09. The summed E-state index contributed by atoms with van der Waals surface area (Å²) in [5.74, 6) is -0.848. The Bertz CT molecular complexity index is 1450. The standard InChI is InChI=1S/C28H27Cl2N3O4S/c1-18-13-20-7-3-5-9-24(20)32(18)27(34)16-31(38(36,37)26-15-22(29)11-12-23(26)30)17-28(35)33-19(2)14-21-8-4-6-10-25(21)33/h3-12,15,18-19H,13-14,16-17H2,1-2H3/t18-,19-/m1/s1. The summed E-state index contributed by atoms with van der Waals surface area (Å²) in [6.45, 7) is 2.77. The van der Waals surface area contributed by atoms with Crippen molar-refractivity contribution in [2.75, 3.05) is 22.9 Å². The fraction of sp³-hybridized carbons (Fsp3) is 0.286. The second-order valence-electron chi connectivity index (χ2n) is 9.74. The largest absolute Gasteiger partial charge is 0.308 e. The SMILES string of the molecule is C[C@@H]1Cc2ccccc2N1C(=O)CN(CC(=O)N1c2ccccc2C[C@H]1C)S(=O)(=O)c1cc(Cl)ccc1Cl. The fourth-order valence-electron chi connectivity index (χ4n) is 5.39. The van der Waals surface area contributed by atoms with Crippen molar-refractivity contribution in [3.63, 3.8) is 0 Å². The van der Waals surface area contributed by atoms with E-state index < -0.39 is 34.9 Å². The maximum atomic E-state index is 13.9. The van der Waals surface area contributed by atoms with Gasteiger partial charge in [-0.15, -0.1) is 0 Å². The first-order valence-corrected chi connectivity index (χ1v) is 14.5. The maximum Gasteiger partial charge on any atom is 0.245 e. The van der Waals surface area contributed by atoms with Crippen LogP contribution in [0.5, 0.6) is 0 Å². The molecule has 0 radical (unpaired) electrons. The minimum Gasteiger partial charge on any atom is -0.308 e. The lowest BCUT2D eigenvalue weighted by Gasteiger charge is -2.30. The summed E-state index contributed by atoms with van der Waals surface area (Å²) >= 11 is 12.4. The van der Waals surface area contributed by atoms with Gasteiger partial charge in [0.05, 0.1) is 18.1 Å². The molecule has 0 saturated carbocycles. The lowest BCUT2D eigenvalue weighted by molar-refractivity contribution is -0.121. The highest BCUT2D eigenvalue weighted by atomic mass is 35.5. The van der Waals surface area contributed by atoms with Crippen LogP contribution in [0, 0.1) is 0 Å². The number of hydrogen-bond donors (Lipinski definition) is 0. The highest BCUT2D eigenvalue weighted by molar-refractivity contribution is 7.89. The normalized spacial score (nSPS) is 18.6. The minimum absolute atomic E-state index is 0.0425. The summed E-state index contributed by atoms with van der Waals surface area (Å²) in [5, 5.41) is 0.133. The number of para-hydroxylation sites is 2. The van der Waals surface area contributed by atoms with Gasteiger partial charge in [-0.2, -0.15) is 4.31 Å². The van der Waals surface area contributed by atoms with Gasteiger partial charge in [0.15, 0.2) is 0 Å². The first-order chi connectivity index (χ1) is 18.1. The molecule has 2 heterocycles. The van der Waals surface area contributed by atoms with Gasteiger partial charge in [-0.1, -0.05) is 59.6 Å². The predicted molar refractivity (Wildman–Crippen MR) is 149 cm³/mol. The van der Waals surface area contributed by atoms with Gasteiger partial charge in [0.1, 0.15) is 4.90 Å². The molecule has 0 aromatic heterocycles. The van der Waals surface area contributed by atoms with Crippen LogP contribution in [0.3, 0.4) is 0 Å². The summed E-state index contributed by atoms with van der Waals surface area (Å²) in [5.41, 5.74) is 3.52. The van der Waals surface area contributed by atoms with E-state index in [4.69, 9.17) is 23.2 Å². The van der Waals surface area contributed by atoms with Gasteiger partial charge in [-0.05, 0) is 68.1 Å². The van der Waals surface area contributed by atoms with Gasteiger partial charge in [-0.25, -0.2) is 8.42 Å². The molecule has 198 valence electrons. The number of benzene rings is 3. The highest BCUT2D eigenvalue weighted by Crippen LogP contribution is 2.35. The molecule has 3 aromatic rings. The van der Waals surface area contributed by atoms with Crippen molar-refractivity contribution in [2.45, 2.75) is 43.7 Å². The molecule has 0 fully saturated rings. The third-order valence-corrected chi connectivity index (χ3v) is 9.59. The number of sulfonamides is 1. The molecule has 2 atom stereocenters. The van der Waals surface area contributed by atoms with E-state index in [1.54, 1.807) is 9.80 Å². The Balaban J connectivity index is 1.50. The van der Waals surface area contributed by atoms with Gasteiger partial charge in [0.25, 0.3) is 0 Å². The molecular formula is C28H27Cl2N3O4S. The Morgan fingerprint density at radius 3 is 1.79 bits per heavy atom. The molecule has 38 heavy (non-hydrogen) atoms. The number of hydrogen-bond acceptors (Lipinski definition) is 4. The number of anilines is 2. The zero-order valence-corrected chi connectivity index (χ0v) is 23.3. The molecule has 0 N–H and O–H groups in total. The van der Waals surface area contributed by atoms with Gasteiger partial charge < -0.3 is 9.80 Å². The lowest BCUT2D eigenvalue weighted by atomic mass is 10.1. The number of rotatable bonds is 6. The minimum atomic E-state index is -4.37. The van der Waals surface area contributed by atoms with Crippen LogP contribution in [-0.2, 0) is 32.5 Å². The summed E-state index contributed by atoms with van der Waals surface area (Å²) < 4.78 is 28.7. The van der Waals surface area contributed by atoms with Gasteiger partial charge in [0, 0.05) is 28.5 Å². The molecule has 0 saturated heterocycles. The van der Waals surface area contributed by atoms with E-state index in [2.05, 4.69) is 0 Å². The number of nitrogens with zero attached hydrogens (tertiary/aromatic N) is 3. The number of carbonyl (C=O) groups is 2. The van der Waals surface area contributed by atoms with E-state index in [9.17, 15) is 18.0 Å². The van der Waals surface area contributed by atoms with Crippen LogP contribution in [0.15, 0.2) is 71.6 Å². The van der Waals surface area contributed by atoms with Crippen LogP contribution in [0.2, 0.25) is 10.0 Å². The molecule has 10 heteroatoms. The van der Waals surface area contributed by atoms with Crippen molar-refractivity contribution < 1.29 is 18.0 Å². The third kappa shape index (κ3) is 4.82. The average Bonchev–Trinajstić information content (AvgIpc) is 3.39. The number of carbonyl (C=O) groups excluding carboxylic acids is 2. The number of halogens is 2. The lowest BCUT2D eigenvalue weighted by Crippen LogP contribution is -2.49. The van der Waals surface area contributed by atoms with E-state index in [-0.39, 0.29) is 27.0 Å². The smallest absolute Gasteiger partial charge is 0.245 e. The monoisotopic (exact) mass is 571 g/mol. The van der Waals surface area contributed by atoms with E-state index in [1.807, 2.05) is 62.4 Å². The van der Waals surface area contributed by atoms with E-state index >= 15 is 0 Å². The summed E-state index contributed by atoms with van der Waals surface area (Å²) in [6, 6.07) is 18.9. The topological polar surface area (TPSA) is 78.0 Å². The second kappa shape index (κ2) is 10.3. The molecule has 0 spiro atoms. The predicted octanol–water partition coefficient (Wildman–Crippen LogP) is 4.94. The van der Waals surface area contributed by atoms with Crippen molar-refractivity contribution in [3.05, 3.63) is 87.9 Å². The molecule has 2 amide bonds. The zero-order chi connectivity index (χ0) is 27.2. The van der Waals surface area contributed by atoms with Crippen molar-refractivity contribution in [3.8, 4) is 0 Å². The second-order valence-corrected chi connectivity index (χ2v) is 12.5. The Kier molecular flexibility index (Phi) is 7.26. The Morgan fingerprint density at radius 2 is 1.29 bits per heavy atom. The quantitative estimate of drug-likeness (QED) is 0.420. The molecule has 0 aliphatic carbocycles. The first kappa shape index (κ1) is 26.7. The van der Waals surface area contributed by atoms with E-state index in [0.717, 1.165) is 26.8 Å². The summed E-state index contributed by atoms with van der Waals surface area (Å²) in [6.07, 6.45) is 1.32. The van der Waals surface area contributed by atoms with Crippen LogP contribution < -0.4 is 9.80 Å². The molecule has 2 aliphatic rings. The van der Waals surface area contributed by atoms with Crippen LogP contribution in [0.1, 0.15) is 25.0 Å². The number of amides is 2. The molecule has 3 aromatic carbocycles. The van der Waals surface area contributed by atoms with Crippen molar-refractivity contribution in [1.82, 2.24) is 4.31 Å². The first-order valence-electron chi connectivity index (χ1n) is 12.3. The maximum absolute atomic E-state index is 13.9. The van der Waals surface area contributed by atoms with Gasteiger partial charge >= 0.3 is 0 Å². The molecule has 5 rings (SSSR count). The molecule has 2 aliphatic heterocycles. The van der Waals surface area contributed by atoms with Gasteiger partial charge in [0.2, 0.25) is 21.8 Å². The average molecular weight is 573 g/mol. The Morgan fingerprint density at radius 1 is 0.816 bits per heavy atom.